The van der Waals surface area contributed by atoms with Crippen molar-refractivity contribution >= 4 is 10.0 Å². The lowest BCUT2D eigenvalue weighted by Gasteiger charge is -2.37. The Kier molecular flexibility index (Phi) is 4.25. The fourth-order valence-electron chi connectivity index (χ4n) is 2.76. The third-order valence-corrected chi connectivity index (χ3v) is 6.15. The van der Waals surface area contributed by atoms with E-state index in [2.05, 4.69) is 11.9 Å². The summed E-state index contributed by atoms with van der Waals surface area (Å²) >= 11 is 0. The highest BCUT2D eigenvalue weighted by Crippen LogP contribution is 2.30. The summed E-state index contributed by atoms with van der Waals surface area (Å²) in [6, 6.07) is 0.181. The van der Waals surface area contributed by atoms with Gasteiger partial charge in [0.2, 0.25) is 10.0 Å². The number of hydrogen-bond donors (Lipinski definition) is 0. The first kappa shape index (κ1) is 15.5. The van der Waals surface area contributed by atoms with Crippen LogP contribution in [0.4, 0.5) is 0 Å². The van der Waals surface area contributed by atoms with Gasteiger partial charge in [0.15, 0.2) is 0 Å². The van der Waals surface area contributed by atoms with Gasteiger partial charge in [0.1, 0.15) is 0 Å². The maximum absolute atomic E-state index is 12.5. The molecular weight excluding hydrogens is 274 g/mol. The Morgan fingerprint density at radius 1 is 1.35 bits per heavy atom. The van der Waals surface area contributed by atoms with Crippen molar-refractivity contribution in [2.24, 2.45) is 11.3 Å². The van der Waals surface area contributed by atoms with Crippen molar-refractivity contribution in [2.75, 3.05) is 18.8 Å². The van der Waals surface area contributed by atoms with Crippen molar-refractivity contribution < 1.29 is 8.42 Å². The minimum atomic E-state index is -3.19. The number of sulfonamides is 1. The Labute approximate surface area is 122 Å². The Bertz CT molecular complexity index is 531. The zero-order valence-electron chi connectivity index (χ0n) is 12.8. The van der Waals surface area contributed by atoms with E-state index in [4.69, 9.17) is 0 Å². The quantitative estimate of drug-likeness (QED) is 0.859. The lowest BCUT2D eigenvalue weighted by Crippen LogP contribution is -2.46. The van der Waals surface area contributed by atoms with Crippen molar-refractivity contribution in [2.45, 2.75) is 40.2 Å². The van der Waals surface area contributed by atoms with Gasteiger partial charge >= 0.3 is 0 Å². The summed E-state index contributed by atoms with van der Waals surface area (Å²) in [5.41, 5.74) is -0.216. The minimum Gasteiger partial charge on any atom is -0.333 e. The SMILES string of the molecule is CC1CCN(S(=O)(=O)CC(C)(C)C)CC1n1ccnc1. The van der Waals surface area contributed by atoms with Crippen LogP contribution >= 0.6 is 0 Å². The van der Waals surface area contributed by atoms with Gasteiger partial charge in [-0.2, -0.15) is 4.31 Å². The smallest absolute Gasteiger partial charge is 0.214 e. The standard InChI is InChI=1S/C14H25N3O2S/c1-12-5-7-17(20(18,19)10-14(2,3)4)9-13(12)16-8-6-15-11-16/h6,8,11-13H,5,7,9-10H2,1-4H3. The topological polar surface area (TPSA) is 55.2 Å². The molecule has 114 valence electrons. The second kappa shape index (κ2) is 5.48. The molecule has 1 aromatic rings. The molecule has 6 heteroatoms. The van der Waals surface area contributed by atoms with Crippen LogP contribution in [0.15, 0.2) is 18.7 Å². The molecule has 0 aliphatic carbocycles. The lowest BCUT2D eigenvalue weighted by molar-refractivity contribution is 0.199. The minimum absolute atomic E-state index is 0.181. The molecule has 1 saturated heterocycles. The molecule has 2 atom stereocenters. The molecule has 0 radical (unpaired) electrons. The van der Waals surface area contributed by atoms with Crippen molar-refractivity contribution in [3.05, 3.63) is 18.7 Å². The van der Waals surface area contributed by atoms with E-state index >= 15 is 0 Å². The second-order valence-corrected chi connectivity index (χ2v) is 8.99. The van der Waals surface area contributed by atoms with E-state index in [1.807, 2.05) is 31.5 Å². The van der Waals surface area contributed by atoms with Crippen LogP contribution in [0.5, 0.6) is 0 Å². The zero-order valence-corrected chi connectivity index (χ0v) is 13.6. The van der Waals surface area contributed by atoms with Crippen molar-refractivity contribution in [3.8, 4) is 0 Å². The molecule has 2 unspecified atom stereocenters. The molecule has 0 saturated carbocycles. The molecule has 0 spiro atoms. The molecule has 2 rings (SSSR count). The van der Waals surface area contributed by atoms with E-state index in [0.29, 0.717) is 19.0 Å². The fraction of sp³-hybridized carbons (Fsp3) is 0.786. The molecule has 0 N–H and O–H groups in total. The average molecular weight is 299 g/mol. The molecule has 1 aromatic heterocycles. The predicted octanol–water partition coefficient (Wildman–Crippen LogP) is 2.14. The van der Waals surface area contributed by atoms with Crippen LogP contribution in [0, 0.1) is 11.3 Å². The lowest BCUT2D eigenvalue weighted by atomic mass is 9.95. The number of hydrogen-bond acceptors (Lipinski definition) is 3. The first-order chi connectivity index (χ1) is 9.19. The van der Waals surface area contributed by atoms with Crippen LogP contribution < -0.4 is 0 Å². The predicted molar refractivity (Wildman–Crippen MR) is 79.9 cm³/mol. The molecule has 0 bridgehead atoms. The largest absolute Gasteiger partial charge is 0.333 e. The Morgan fingerprint density at radius 3 is 2.60 bits per heavy atom. The van der Waals surface area contributed by atoms with E-state index in [0.717, 1.165) is 6.42 Å². The van der Waals surface area contributed by atoms with E-state index < -0.39 is 10.0 Å². The number of nitrogens with zero attached hydrogens (tertiary/aromatic N) is 3. The normalized spacial score (nSPS) is 25.8. The van der Waals surface area contributed by atoms with Crippen LogP contribution in [0.25, 0.3) is 0 Å². The molecule has 5 nitrogen and oxygen atoms in total. The molecule has 2 heterocycles. The molecule has 0 aromatic carbocycles. The van der Waals surface area contributed by atoms with Gasteiger partial charge in [-0.3, -0.25) is 0 Å². The summed E-state index contributed by atoms with van der Waals surface area (Å²) in [5.74, 6) is 0.663. The second-order valence-electron chi connectivity index (χ2n) is 7.02. The third kappa shape index (κ3) is 3.61. The van der Waals surface area contributed by atoms with Gasteiger partial charge in [-0.05, 0) is 17.8 Å². The molecular formula is C14H25N3O2S. The average Bonchev–Trinajstić information content (AvgIpc) is 2.79. The van der Waals surface area contributed by atoms with Gasteiger partial charge in [0.05, 0.1) is 18.1 Å². The van der Waals surface area contributed by atoms with Crippen LogP contribution in [0.3, 0.4) is 0 Å². The summed E-state index contributed by atoms with van der Waals surface area (Å²) in [6.45, 7) is 9.25. The first-order valence-electron chi connectivity index (χ1n) is 7.14. The Hall–Kier alpha value is -0.880. The monoisotopic (exact) mass is 299 g/mol. The van der Waals surface area contributed by atoms with Crippen LogP contribution in [-0.2, 0) is 10.0 Å². The van der Waals surface area contributed by atoms with E-state index in [1.165, 1.54) is 0 Å². The fourth-order valence-corrected chi connectivity index (χ4v) is 4.81. The highest BCUT2D eigenvalue weighted by atomic mass is 32.2. The van der Waals surface area contributed by atoms with Gasteiger partial charge in [0.25, 0.3) is 0 Å². The maximum atomic E-state index is 12.5. The first-order valence-corrected chi connectivity index (χ1v) is 8.75. The molecule has 1 aliphatic rings. The van der Waals surface area contributed by atoms with Crippen LogP contribution in [-0.4, -0.2) is 41.1 Å². The summed E-state index contributed by atoms with van der Waals surface area (Å²) in [6.07, 6.45) is 6.34. The van der Waals surface area contributed by atoms with Gasteiger partial charge < -0.3 is 4.57 Å². The number of aromatic nitrogens is 2. The molecule has 0 amide bonds. The zero-order chi connectivity index (χ0) is 15.0. The van der Waals surface area contributed by atoms with Crippen molar-refractivity contribution in [3.63, 3.8) is 0 Å². The van der Waals surface area contributed by atoms with Gasteiger partial charge in [-0.25, -0.2) is 13.4 Å². The van der Waals surface area contributed by atoms with E-state index in [1.54, 1.807) is 16.8 Å². The summed E-state index contributed by atoms with van der Waals surface area (Å²) in [5, 5.41) is 0. The number of piperidine rings is 1. The Morgan fingerprint density at radius 2 is 2.05 bits per heavy atom. The van der Waals surface area contributed by atoms with Crippen LogP contribution in [0.2, 0.25) is 0 Å². The number of rotatable bonds is 3. The molecule has 20 heavy (non-hydrogen) atoms. The van der Waals surface area contributed by atoms with E-state index in [9.17, 15) is 8.42 Å². The van der Waals surface area contributed by atoms with Crippen LogP contribution in [0.1, 0.15) is 40.2 Å². The summed E-state index contributed by atoms with van der Waals surface area (Å²) in [7, 11) is -3.19. The van der Waals surface area contributed by atoms with E-state index in [-0.39, 0.29) is 17.2 Å². The molecule has 1 fully saturated rings. The van der Waals surface area contributed by atoms with Crippen molar-refractivity contribution in [1.29, 1.82) is 0 Å². The third-order valence-electron chi connectivity index (χ3n) is 3.80. The summed E-state index contributed by atoms with van der Waals surface area (Å²) < 4.78 is 28.7. The van der Waals surface area contributed by atoms with Gasteiger partial charge in [-0.15, -0.1) is 0 Å². The van der Waals surface area contributed by atoms with Crippen molar-refractivity contribution in [1.82, 2.24) is 13.9 Å². The highest BCUT2D eigenvalue weighted by Gasteiger charge is 2.35. The maximum Gasteiger partial charge on any atom is 0.214 e. The Balaban J connectivity index is 2.15. The summed E-state index contributed by atoms with van der Waals surface area (Å²) in [4.78, 5) is 4.07. The number of imidazole rings is 1. The van der Waals surface area contributed by atoms with Gasteiger partial charge in [0, 0.05) is 25.5 Å². The highest BCUT2D eigenvalue weighted by molar-refractivity contribution is 7.89. The molecule has 1 aliphatic heterocycles. The van der Waals surface area contributed by atoms with Gasteiger partial charge in [-0.1, -0.05) is 27.7 Å².